The number of hydrogen-bond acceptors (Lipinski definition) is 2. The lowest BCUT2D eigenvalue weighted by Gasteiger charge is -2.38. The molecule has 0 aromatic heterocycles. The smallest absolute Gasteiger partial charge is 0.265 e. The molecule has 0 aromatic rings. The first kappa shape index (κ1) is 16.3. The monoisotopic (exact) mass is 256 g/mol. The van der Waals surface area contributed by atoms with Gasteiger partial charge in [-0.3, -0.25) is 0 Å². The van der Waals surface area contributed by atoms with Crippen LogP contribution < -0.4 is 0 Å². The second-order valence-electron chi connectivity index (χ2n) is 6.80. The second kappa shape index (κ2) is 5.30. The fourth-order valence-electron chi connectivity index (χ4n) is 0.891. The van der Waals surface area contributed by atoms with Gasteiger partial charge < -0.3 is 9.16 Å². The standard InChI is InChI=1S/C14H28O2Si/c1-10-11-12(15-13(2,3)4)16-17(8,9)14(5,6)7/h10-11H,1H2,2-9H3/b12-11+. The van der Waals surface area contributed by atoms with Gasteiger partial charge in [0.25, 0.3) is 14.3 Å². The van der Waals surface area contributed by atoms with Gasteiger partial charge in [-0.25, -0.2) is 0 Å². The van der Waals surface area contributed by atoms with E-state index in [9.17, 15) is 0 Å². The largest absolute Gasteiger partial charge is 0.519 e. The predicted molar refractivity (Wildman–Crippen MR) is 77.4 cm³/mol. The normalized spacial score (nSPS) is 14.5. The van der Waals surface area contributed by atoms with Gasteiger partial charge in [-0.05, 0) is 38.9 Å². The van der Waals surface area contributed by atoms with Gasteiger partial charge in [0.15, 0.2) is 0 Å². The van der Waals surface area contributed by atoms with Crippen LogP contribution in [0, 0.1) is 0 Å². The maximum Gasteiger partial charge on any atom is 0.265 e. The zero-order valence-electron chi connectivity index (χ0n) is 12.7. The molecule has 0 unspecified atom stereocenters. The summed E-state index contributed by atoms with van der Waals surface area (Å²) in [4.78, 5) is 0. The van der Waals surface area contributed by atoms with Crippen molar-refractivity contribution in [3.8, 4) is 0 Å². The highest BCUT2D eigenvalue weighted by atomic mass is 28.4. The molecule has 0 aromatic carbocycles. The van der Waals surface area contributed by atoms with Crippen molar-refractivity contribution in [3.05, 3.63) is 24.7 Å². The lowest BCUT2D eigenvalue weighted by Crippen LogP contribution is -2.41. The molecule has 0 aliphatic heterocycles. The summed E-state index contributed by atoms with van der Waals surface area (Å²) in [6, 6.07) is 0. The third-order valence-electron chi connectivity index (χ3n) is 2.82. The van der Waals surface area contributed by atoms with E-state index in [1.165, 1.54) is 0 Å². The summed E-state index contributed by atoms with van der Waals surface area (Å²) < 4.78 is 11.9. The zero-order valence-corrected chi connectivity index (χ0v) is 13.7. The molecule has 0 saturated heterocycles. The van der Waals surface area contributed by atoms with Crippen LogP contribution in [-0.4, -0.2) is 13.9 Å². The van der Waals surface area contributed by atoms with Crippen LogP contribution in [0.15, 0.2) is 24.7 Å². The SMILES string of the molecule is C=C/C=C(\OC(C)(C)C)O[Si](C)(C)C(C)(C)C. The predicted octanol–water partition coefficient (Wildman–Crippen LogP) is 4.85. The third-order valence-corrected chi connectivity index (χ3v) is 7.15. The van der Waals surface area contributed by atoms with Crippen molar-refractivity contribution in [2.45, 2.75) is 65.3 Å². The molecule has 0 rings (SSSR count). The Balaban J connectivity index is 4.92. The Hall–Kier alpha value is -0.703. The minimum absolute atomic E-state index is 0.161. The topological polar surface area (TPSA) is 18.5 Å². The molecule has 0 spiro atoms. The van der Waals surface area contributed by atoms with Crippen molar-refractivity contribution in [2.24, 2.45) is 0 Å². The molecule has 0 fully saturated rings. The lowest BCUT2D eigenvalue weighted by molar-refractivity contribution is -0.00996. The van der Waals surface area contributed by atoms with Crippen LogP contribution in [0.25, 0.3) is 0 Å². The minimum atomic E-state index is -1.85. The van der Waals surface area contributed by atoms with E-state index < -0.39 is 8.32 Å². The van der Waals surface area contributed by atoms with E-state index in [2.05, 4.69) is 40.4 Å². The highest BCUT2D eigenvalue weighted by Gasteiger charge is 2.40. The molecule has 3 heteroatoms. The van der Waals surface area contributed by atoms with Crippen molar-refractivity contribution in [2.75, 3.05) is 0 Å². The summed E-state index contributed by atoms with van der Waals surface area (Å²) in [7, 11) is -1.85. The van der Waals surface area contributed by atoms with Gasteiger partial charge >= 0.3 is 0 Å². The Kier molecular flexibility index (Phi) is 5.08. The summed E-state index contributed by atoms with van der Waals surface area (Å²) in [5.41, 5.74) is -0.253. The first-order chi connectivity index (χ1) is 7.39. The van der Waals surface area contributed by atoms with Crippen LogP contribution in [0.2, 0.25) is 18.1 Å². The van der Waals surface area contributed by atoms with Crippen LogP contribution in [0.1, 0.15) is 41.5 Å². The van der Waals surface area contributed by atoms with Crippen LogP contribution in [0.5, 0.6) is 0 Å². The molecule has 0 aliphatic carbocycles. The molecule has 0 N–H and O–H groups in total. The molecule has 0 heterocycles. The molecule has 0 aliphatic rings. The molecule has 0 amide bonds. The van der Waals surface area contributed by atoms with E-state index in [-0.39, 0.29) is 10.6 Å². The summed E-state index contributed by atoms with van der Waals surface area (Å²) in [6.45, 7) is 20.8. The molecule has 0 saturated carbocycles. The lowest BCUT2D eigenvalue weighted by atomic mass is 10.2. The molecule has 0 bridgehead atoms. The summed E-state index contributed by atoms with van der Waals surface area (Å²) in [5.74, 6) is 0.582. The minimum Gasteiger partial charge on any atom is -0.519 e. The maximum atomic E-state index is 6.13. The van der Waals surface area contributed by atoms with Crippen molar-refractivity contribution >= 4 is 8.32 Å². The Bertz CT molecular complexity index is 290. The van der Waals surface area contributed by atoms with E-state index in [4.69, 9.17) is 9.16 Å². The summed E-state index contributed by atoms with van der Waals surface area (Å²) in [5, 5.41) is 0.161. The number of hydrogen-bond donors (Lipinski definition) is 0. The number of ether oxygens (including phenoxy) is 1. The van der Waals surface area contributed by atoms with Crippen molar-refractivity contribution < 1.29 is 9.16 Å². The molecule has 0 atom stereocenters. The van der Waals surface area contributed by atoms with Crippen molar-refractivity contribution in [3.63, 3.8) is 0 Å². The number of allylic oxidation sites excluding steroid dienone is 2. The van der Waals surface area contributed by atoms with Crippen molar-refractivity contribution in [1.82, 2.24) is 0 Å². The molecule has 17 heavy (non-hydrogen) atoms. The third kappa shape index (κ3) is 5.96. The average molecular weight is 256 g/mol. The fraction of sp³-hybridized carbons (Fsp3) is 0.714. The zero-order chi connectivity index (χ0) is 13.9. The maximum absolute atomic E-state index is 6.13. The Morgan fingerprint density at radius 3 is 1.82 bits per heavy atom. The molecular weight excluding hydrogens is 228 g/mol. The first-order valence-electron chi connectivity index (χ1n) is 6.10. The highest BCUT2D eigenvalue weighted by Crippen LogP contribution is 2.38. The van der Waals surface area contributed by atoms with Gasteiger partial charge in [0.2, 0.25) is 0 Å². The Morgan fingerprint density at radius 2 is 1.53 bits per heavy atom. The highest BCUT2D eigenvalue weighted by molar-refractivity contribution is 6.74. The summed E-state index contributed by atoms with van der Waals surface area (Å²) in [6.07, 6.45) is 3.50. The van der Waals surface area contributed by atoms with Crippen LogP contribution in [0.3, 0.4) is 0 Å². The quantitative estimate of drug-likeness (QED) is 0.406. The number of rotatable bonds is 4. The van der Waals surface area contributed by atoms with Gasteiger partial charge in [-0.15, -0.1) is 0 Å². The molecule has 0 radical (unpaired) electrons. The summed E-state index contributed by atoms with van der Waals surface area (Å²) >= 11 is 0. The van der Waals surface area contributed by atoms with Gasteiger partial charge in [-0.1, -0.05) is 33.4 Å². The van der Waals surface area contributed by atoms with E-state index in [0.717, 1.165) is 0 Å². The average Bonchev–Trinajstić information content (AvgIpc) is 1.97. The van der Waals surface area contributed by atoms with Crippen molar-refractivity contribution in [1.29, 1.82) is 0 Å². The Labute approximate surface area is 108 Å². The Morgan fingerprint density at radius 1 is 1.06 bits per heavy atom. The molecule has 100 valence electrons. The van der Waals surface area contributed by atoms with Crippen LogP contribution in [0.4, 0.5) is 0 Å². The second-order valence-corrected chi connectivity index (χ2v) is 11.5. The first-order valence-corrected chi connectivity index (χ1v) is 9.01. The van der Waals surface area contributed by atoms with Gasteiger partial charge in [0, 0.05) is 6.08 Å². The van der Waals surface area contributed by atoms with Crippen LogP contribution >= 0.6 is 0 Å². The molecular formula is C14H28O2Si. The van der Waals surface area contributed by atoms with Gasteiger partial charge in [-0.2, -0.15) is 0 Å². The van der Waals surface area contributed by atoms with E-state index >= 15 is 0 Å². The van der Waals surface area contributed by atoms with E-state index in [0.29, 0.717) is 5.95 Å². The van der Waals surface area contributed by atoms with E-state index in [1.54, 1.807) is 12.2 Å². The van der Waals surface area contributed by atoms with E-state index in [1.807, 2.05) is 20.8 Å². The van der Waals surface area contributed by atoms with Crippen LogP contribution in [-0.2, 0) is 9.16 Å². The molecule has 2 nitrogen and oxygen atoms in total. The van der Waals surface area contributed by atoms with Gasteiger partial charge in [0.05, 0.1) is 0 Å². The van der Waals surface area contributed by atoms with Gasteiger partial charge in [0.1, 0.15) is 5.60 Å². The fourth-order valence-corrected chi connectivity index (χ4v) is 1.81.